The fourth-order valence-corrected chi connectivity index (χ4v) is 3.04. The zero-order valence-electron chi connectivity index (χ0n) is 14.2. The molecule has 0 saturated carbocycles. The van der Waals surface area contributed by atoms with Crippen molar-refractivity contribution in [2.45, 2.75) is 40.0 Å². The minimum Gasteiger partial charge on any atom is -0.325 e. The van der Waals surface area contributed by atoms with Crippen LogP contribution in [0.25, 0.3) is 0 Å². The van der Waals surface area contributed by atoms with Crippen molar-refractivity contribution in [3.05, 3.63) is 64.2 Å². The molecular formula is C20H24ClNO. The molecule has 0 aromatic heterocycles. The largest absolute Gasteiger partial charge is 0.325 e. The first-order valence-corrected chi connectivity index (χ1v) is 8.46. The number of carbonyl (C=O) groups is 1. The number of nitrogens with one attached hydrogen (secondary N) is 1. The molecule has 0 aliphatic rings. The molecule has 122 valence electrons. The Morgan fingerprint density at radius 1 is 1.13 bits per heavy atom. The maximum Gasteiger partial charge on any atom is 0.232 e. The summed E-state index contributed by atoms with van der Waals surface area (Å²) in [4.78, 5) is 12.9. The van der Waals surface area contributed by atoms with E-state index in [9.17, 15) is 4.79 Å². The van der Waals surface area contributed by atoms with E-state index in [-0.39, 0.29) is 17.7 Å². The molecule has 1 N–H and O–H groups in total. The van der Waals surface area contributed by atoms with E-state index in [1.807, 2.05) is 43.3 Å². The van der Waals surface area contributed by atoms with Gasteiger partial charge in [-0.25, -0.2) is 0 Å². The molecule has 0 aliphatic carbocycles. The van der Waals surface area contributed by atoms with E-state index >= 15 is 0 Å². The fourth-order valence-electron chi connectivity index (χ4n) is 2.91. The van der Waals surface area contributed by atoms with E-state index in [1.54, 1.807) is 0 Å². The summed E-state index contributed by atoms with van der Waals surface area (Å²) in [7, 11) is 0. The second-order valence-corrected chi connectivity index (χ2v) is 6.66. The molecule has 0 bridgehead atoms. The molecule has 1 amide bonds. The maximum atomic E-state index is 12.9. The summed E-state index contributed by atoms with van der Waals surface area (Å²) < 4.78 is 0. The van der Waals surface area contributed by atoms with E-state index in [4.69, 9.17) is 11.6 Å². The lowest BCUT2D eigenvalue weighted by Gasteiger charge is -2.22. The Labute approximate surface area is 143 Å². The van der Waals surface area contributed by atoms with E-state index in [0.29, 0.717) is 5.02 Å². The molecule has 2 nitrogen and oxygen atoms in total. The third-order valence-electron chi connectivity index (χ3n) is 4.17. The van der Waals surface area contributed by atoms with Crippen LogP contribution < -0.4 is 5.32 Å². The van der Waals surface area contributed by atoms with Crippen LogP contribution in [0.1, 0.15) is 43.4 Å². The van der Waals surface area contributed by atoms with Crippen molar-refractivity contribution in [2.75, 3.05) is 5.32 Å². The predicted molar refractivity (Wildman–Crippen MR) is 98.2 cm³/mol. The molecule has 2 rings (SSSR count). The van der Waals surface area contributed by atoms with Gasteiger partial charge in [0.25, 0.3) is 0 Å². The van der Waals surface area contributed by atoms with Crippen LogP contribution in [0.15, 0.2) is 42.5 Å². The number of halogens is 1. The predicted octanol–water partition coefficient (Wildman–Crippen LogP) is 5.59. The molecule has 23 heavy (non-hydrogen) atoms. The highest BCUT2D eigenvalue weighted by Gasteiger charge is 2.25. The molecule has 0 saturated heterocycles. The first kappa shape index (κ1) is 17.6. The third kappa shape index (κ3) is 4.14. The first-order chi connectivity index (χ1) is 10.9. The van der Waals surface area contributed by atoms with Gasteiger partial charge in [0, 0.05) is 10.7 Å². The van der Waals surface area contributed by atoms with Crippen molar-refractivity contribution in [2.24, 2.45) is 5.92 Å². The van der Waals surface area contributed by atoms with Crippen molar-refractivity contribution in [3.63, 3.8) is 0 Å². The second-order valence-electron chi connectivity index (χ2n) is 6.23. The van der Waals surface area contributed by atoms with Gasteiger partial charge in [-0.05, 0) is 48.1 Å². The number of hydrogen-bond acceptors (Lipinski definition) is 1. The molecule has 0 heterocycles. The summed E-state index contributed by atoms with van der Waals surface area (Å²) in [6, 6.07) is 13.7. The minimum absolute atomic E-state index is 0.0336. The van der Waals surface area contributed by atoms with Crippen molar-refractivity contribution in [1.29, 1.82) is 0 Å². The van der Waals surface area contributed by atoms with Gasteiger partial charge in [-0.2, -0.15) is 0 Å². The van der Waals surface area contributed by atoms with Crippen LogP contribution >= 0.6 is 11.6 Å². The third-order valence-corrected chi connectivity index (χ3v) is 4.42. The Kier molecular flexibility index (Phi) is 5.84. The Bertz CT molecular complexity index is 677. The number of hydrogen-bond donors (Lipinski definition) is 1. The van der Waals surface area contributed by atoms with Crippen LogP contribution in [-0.4, -0.2) is 5.91 Å². The van der Waals surface area contributed by atoms with E-state index in [1.165, 1.54) is 0 Å². The van der Waals surface area contributed by atoms with Gasteiger partial charge in [0.2, 0.25) is 5.91 Å². The van der Waals surface area contributed by atoms with Crippen molar-refractivity contribution in [1.82, 2.24) is 0 Å². The molecule has 0 aliphatic heterocycles. The fraction of sp³-hybridized carbons (Fsp3) is 0.350. The summed E-state index contributed by atoms with van der Waals surface area (Å²) in [5, 5.41) is 3.84. The van der Waals surface area contributed by atoms with Crippen LogP contribution in [-0.2, 0) is 11.2 Å². The summed E-state index contributed by atoms with van der Waals surface area (Å²) in [5.74, 6) is 0.0353. The lowest BCUT2D eigenvalue weighted by Crippen LogP contribution is -2.26. The van der Waals surface area contributed by atoms with E-state index < -0.39 is 0 Å². The molecule has 1 atom stereocenters. The van der Waals surface area contributed by atoms with Crippen molar-refractivity contribution < 1.29 is 4.79 Å². The molecule has 3 heteroatoms. The van der Waals surface area contributed by atoms with Gasteiger partial charge in [-0.1, -0.05) is 62.7 Å². The number of carbonyl (C=O) groups excluding carboxylic acids is 1. The van der Waals surface area contributed by atoms with Gasteiger partial charge in [-0.15, -0.1) is 0 Å². The number of aryl methyl sites for hydroxylation is 2. The van der Waals surface area contributed by atoms with Gasteiger partial charge < -0.3 is 5.32 Å². The zero-order chi connectivity index (χ0) is 17.0. The van der Waals surface area contributed by atoms with Crippen molar-refractivity contribution >= 4 is 23.2 Å². The number of rotatable bonds is 5. The molecule has 0 unspecified atom stereocenters. The first-order valence-electron chi connectivity index (χ1n) is 8.08. The van der Waals surface area contributed by atoms with E-state index in [2.05, 4.69) is 32.2 Å². The number of amides is 1. The van der Waals surface area contributed by atoms with E-state index in [0.717, 1.165) is 28.8 Å². The topological polar surface area (TPSA) is 29.1 Å². The highest BCUT2D eigenvalue weighted by Crippen LogP contribution is 2.29. The van der Waals surface area contributed by atoms with Crippen molar-refractivity contribution in [3.8, 4) is 0 Å². The highest BCUT2D eigenvalue weighted by atomic mass is 35.5. The average molecular weight is 330 g/mol. The smallest absolute Gasteiger partial charge is 0.232 e. The maximum absolute atomic E-state index is 12.9. The Morgan fingerprint density at radius 2 is 1.78 bits per heavy atom. The summed E-state index contributed by atoms with van der Waals surface area (Å²) >= 11 is 5.97. The molecule has 2 aromatic rings. The Morgan fingerprint density at radius 3 is 2.35 bits per heavy atom. The second kappa shape index (κ2) is 7.65. The quantitative estimate of drug-likeness (QED) is 0.761. The zero-order valence-corrected chi connectivity index (χ0v) is 14.9. The summed E-state index contributed by atoms with van der Waals surface area (Å²) in [6.07, 6.45) is 0.893. The number of anilines is 1. The number of benzene rings is 2. The summed E-state index contributed by atoms with van der Waals surface area (Å²) in [6.45, 7) is 8.26. The average Bonchev–Trinajstić information content (AvgIpc) is 2.51. The van der Waals surface area contributed by atoms with Crippen LogP contribution in [0.3, 0.4) is 0 Å². The van der Waals surface area contributed by atoms with Gasteiger partial charge in [0.15, 0.2) is 0 Å². The van der Waals surface area contributed by atoms with Crippen LogP contribution in [0, 0.1) is 12.8 Å². The van der Waals surface area contributed by atoms with Crippen LogP contribution in [0.2, 0.25) is 5.02 Å². The van der Waals surface area contributed by atoms with Gasteiger partial charge in [0.1, 0.15) is 0 Å². The lowest BCUT2D eigenvalue weighted by molar-refractivity contribution is -0.118. The van der Waals surface area contributed by atoms with Crippen LogP contribution in [0.5, 0.6) is 0 Å². The molecule has 0 fully saturated rings. The normalized spacial score (nSPS) is 12.3. The Hall–Kier alpha value is -1.80. The molecule has 0 spiro atoms. The molecule has 2 aromatic carbocycles. The van der Waals surface area contributed by atoms with Gasteiger partial charge in [0.05, 0.1) is 5.92 Å². The van der Waals surface area contributed by atoms with Crippen LogP contribution in [0.4, 0.5) is 5.69 Å². The highest BCUT2D eigenvalue weighted by molar-refractivity contribution is 6.30. The van der Waals surface area contributed by atoms with Gasteiger partial charge >= 0.3 is 0 Å². The lowest BCUT2D eigenvalue weighted by atomic mass is 9.87. The monoisotopic (exact) mass is 329 g/mol. The Balaban J connectivity index is 2.31. The minimum atomic E-state index is -0.198. The molecular weight excluding hydrogens is 306 g/mol. The molecule has 0 radical (unpaired) electrons. The summed E-state index contributed by atoms with van der Waals surface area (Å²) in [5.41, 5.74) is 4.20. The van der Waals surface area contributed by atoms with Gasteiger partial charge in [-0.3, -0.25) is 4.79 Å². The number of para-hydroxylation sites is 1. The SMILES string of the molecule is CCc1cccc(C)c1NC(=O)[C@H](c1ccc(Cl)cc1)C(C)C. The standard InChI is InChI=1S/C20H24ClNO/c1-5-15-8-6-7-14(4)19(15)22-20(23)18(13(2)3)16-9-11-17(21)12-10-16/h6-13,18H,5H2,1-4H3,(H,22,23)/t18-/m0/s1.